The van der Waals surface area contributed by atoms with Gasteiger partial charge in [-0.25, -0.2) is 0 Å². The van der Waals surface area contributed by atoms with Crippen LogP contribution in [0.5, 0.6) is 0 Å². The molecular weight excluding hydrogens is 204 g/mol. The summed E-state index contributed by atoms with van der Waals surface area (Å²) in [4.78, 5) is 15.5. The second-order valence-corrected chi connectivity index (χ2v) is 4.60. The Hall–Kier alpha value is -0.610. The maximum atomic E-state index is 11.2. The minimum Gasteiger partial charge on any atom is -0.383 e. The molecule has 0 radical (unpaired) electrons. The minimum absolute atomic E-state index is 0.232. The summed E-state index contributed by atoms with van der Waals surface area (Å²) in [5, 5.41) is 0. The van der Waals surface area contributed by atoms with Crippen LogP contribution >= 0.6 is 0 Å². The topological polar surface area (TPSA) is 32.8 Å². The molecule has 1 aliphatic rings. The first-order chi connectivity index (χ1) is 7.72. The number of methoxy groups -OCH3 is 1. The number of rotatable bonds is 6. The Morgan fingerprint density at radius 2 is 2.12 bits per heavy atom. The third-order valence-electron chi connectivity index (χ3n) is 3.48. The van der Waals surface area contributed by atoms with Gasteiger partial charge in [0.1, 0.15) is 0 Å². The maximum absolute atomic E-state index is 11.2. The number of amides is 1. The molecular formula is C12H24N2O2. The molecule has 0 N–H and O–H groups in total. The van der Waals surface area contributed by atoms with Gasteiger partial charge < -0.3 is 14.5 Å². The zero-order chi connectivity index (χ0) is 12.0. The molecule has 0 aliphatic carbocycles. The van der Waals surface area contributed by atoms with Gasteiger partial charge >= 0.3 is 0 Å². The number of carbonyl (C=O) groups is 1. The Bertz CT molecular complexity index is 203. The number of likely N-dealkylation sites (tertiary alicyclic amines) is 1. The van der Waals surface area contributed by atoms with E-state index in [4.69, 9.17) is 4.74 Å². The Kier molecular flexibility index (Phi) is 5.77. The van der Waals surface area contributed by atoms with Gasteiger partial charge in [-0.1, -0.05) is 6.92 Å². The molecule has 16 heavy (non-hydrogen) atoms. The maximum Gasteiger partial charge on any atom is 0.210 e. The summed E-state index contributed by atoms with van der Waals surface area (Å²) in [6.07, 6.45) is 4.12. The van der Waals surface area contributed by atoms with Gasteiger partial charge in [-0.3, -0.25) is 4.79 Å². The summed E-state index contributed by atoms with van der Waals surface area (Å²) in [6.45, 7) is 4.91. The molecule has 0 aromatic carbocycles. The Morgan fingerprint density at radius 1 is 1.50 bits per heavy atom. The lowest BCUT2D eigenvalue weighted by atomic mass is 10.0. The predicted octanol–water partition coefficient (Wildman–Crippen LogP) is 0.964. The molecule has 0 aromatic rings. The highest BCUT2D eigenvalue weighted by Crippen LogP contribution is 2.18. The summed E-state index contributed by atoms with van der Waals surface area (Å²) in [6, 6.07) is 0.629. The van der Waals surface area contributed by atoms with Gasteiger partial charge in [0.15, 0.2) is 0 Å². The van der Waals surface area contributed by atoms with Crippen molar-refractivity contribution in [1.82, 2.24) is 9.80 Å². The van der Waals surface area contributed by atoms with Crippen molar-refractivity contribution in [3.05, 3.63) is 0 Å². The van der Waals surface area contributed by atoms with Crippen LogP contribution in [0.25, 0.3) is 0 Å². The molecule has 1 unspecified atom stereocenters. The van der Waals surface area contributed by atoms with Crippen LogP contribution in [0, 0.1) is 0 Å². The van der Waals surface area contributed by atoms with Crippen LogP contribution in [-0.2, 0) is 9.53 Å². The first-order valence-electron chi connectivity index (χ1n) is 6.13. The first kappa shape index (κ1) is 13.5. The Balaban J connectivity index is 2.54. The molecule has 0 aromatic heterocycles. The zero-order valence-corrected chi connectivity index (χ0v) is 10.7. The first-order valence-corrected chi connectivity index (χ1v) is 6.13. The van der Waals surface area contributed by atoms with E-state index in [9.17, 15) is 4.79 Å². The molecule has 0 saturated carbocycles. The Morgan fingerprint density at radius 3 is 2.56 bits per heavy atom. The highest BCUT2D eigenvalue weighted by atomic mass is 16.5. The molecule has 1 heterocycles. The molecule has 1 saturated heterocycles. The molecule has 1 rings (SSSR count). The predicted molar refractivity (Wildman–Crippen MR) is 64.4 cm³/mol. The van der Waals surface area contributed by atoms with Gasteiger partial charge in [0, 0.05) is 13.2 Å². The molecule has 1 aliphatic heterocycles. The summed E-state index contributed by atoms with van der Waals surface area (Å²) in [7, 11) is 3.83. The summed E-state index contributed by atoms with van der Waals surface area (Å²) in [5.41, 5.74) is 0. The third kappa shape index (κ3) is 3.46. The van der Waals surface area contributed by atoms with Crippen molar-refractivity contribution in [2.45, 2.75) is 38.3 Å². The average molecular weight is 228 g/mol. The fourth-order valence-electron chi connectivity index (χ4n) is 2.37. The van der Waals surface area contributed by atoms with E-state index in [-0.39, 0.29) is 6.04 Å². The van der Waals surface area contributed by atoms with Crippen LogP contribution in [0.15, 0.2) is 0 Å². The van der Waals surface area contributed by atoms with E-state index in [1.807, 2.05) is 4.90 Å². The van der Waals surface area contributed by atoms with Crippen LogP contribution in [0.2, 0.25) is 0 Å². The van der Waals surface area contributed by atoms with Gasteiger partial charge in [-0.2, -0.15) is 0 Å². The lowest BCUT2D eigenvalue weighted by molar-refractivity contribution is -0.125. The smallest absolute Gasteiger partial charge is 0.210 e. The summed E-state index contributed by atoms with van der Waals surface area (Å²) < 4.78 is 5.18. The number of nitrogens with zero attached hydrogens (tertiary/aromatic N) is 2. The molecule has 4 nitrogen and oxygen atoms in total. The van der Waals surface area contributed by atoms with Crippen LogP contribution in [0.3, 0.4) is 0 Å². The SMILES string of the molecule is CCC(COC)N(C=O)C1CCN(C)CC1. The van der Waals surface area contributed by atoms with Crippen molar-refractivity contribution in [2.24, 2.45) is 0 Å². The summed E-state index contributed by atoms with van der Waals surface area (Å²) in [5.74, 6) is 0. The van der Waals surface area contributed by atoms with Crippen molar-refractivity contribution in [3.63, 3.8) is 0 Å². The van der Waals surface area contributed by atoms with E-state index in [0.29, 0.717) is 12.6 Å². The van der Waals surface area contributed by atoms with Crippen molar-refractivity contribution in [2.75, 3.05) is 33.9 Å². The van der Waals surface area contributed by atoms with Gasteiger partial charge in [0.05, 0.1) is 12.6 Å². The van der Waals surface area contributed by atoms with Gasteiger partial charge in [-0.15, -0.1) is 0 Å². The number of hydrogen-bond acceptors (Lipinski definition) is 3. The van der Waals surface area contributed by atoms with Crippen LogP contribution in [0.1, 0.15) is 26.2 Å². The molecule has 0 bridgehead atoms. The fourth-order valence-corrected chi connectivity index (χ4v) is 2.37. The van der Waals surface area contributed by atoms with Crippen LogP contribution in [0.4, 0.5) is 0 Å². The quantitative estimate of drug-likeness (QED) is 0.635. The molecule has 1 amide bonds. The lowest BCUT2D eigenvalue weighted by Crippen LogP contribution is -2.49. The molecule has 1 fully saturated rings. The van der Waals surface area contributed by atoms with Crippen molar-refractivity contribution >= 4 is 6.41 Å². The molecule has 94 valence electrons. The Labute approximate surface area is 98.5 Å². The largest absolute Gasteiger partial charge is 0.383 e. The van der Waals surface area contributed by atoms with E-state index >= 15 is 0 Å². The molecule has 0 spiro atoms. The second kappa shape index (κ2) is 6.86. The van der Waals surface area contributed by atoms with Gasteiger partial charge in [0.25, 0.3) is 0 Å². The summed E-state index contributed by atoms with van der Waals surface area (Å²) >= 11 is 0. The normalized spacial score (nSPS) is 20.7. The van der Waals surface area contributed by atoms with Crippen LogP contribution in [-0.4, -0.2) is 62.1 Å². The van der Waals surface area contributed by atoms with E-state index < -0.39 is 0 Å². The van der Waals surface area contributed by atoms with Gasteiger partial charge in [-0.05, 0) is 39.4 Å². The molecule has 4 heteroatoms. The van der Waals surface area contributed by atoms with Crippen molar-refractivity contribution < 1.29 is 9.53 Å². The van der Waals surface area contributed by atoms with E-state index in [1.54, 1.807) is 7.11 Å². The average Bonchev–Trinajstić information content (AvgIpc) is 2.31. The van der Waals surface area contributed by atoms with Gasteiger partial charge in [0.2, 0.25) is 6.41 Å². The standard InChI is InChI=1S/C12H24N2O2/c1-4-11(9-16-3)14(10-15)12-5-7-13(2)8-6-12/h10-12H,4-9H2,1-3H3. The lowest BCUT2D eigenvalue weighted by Gasteiger charge is -2.39. The highest BCUT2D eigenvalue weighted by Gasteiger charge is 2.26. The highest BCUT2D eigenvalue weighted by molar-refractivity contribution is 5.48. The monoisotopic (exact) mass is 228 g/mol. The fraction of sp³-hybridized carbons (Fsp3) is 0.917. The number of carbonyl (C=O) groups excluding carboxylic acids is 1. The zero-order valence-electron chi connectivity index (χ0n) is 10.7. The second-order valence-electron chi connectivity index (χ2n) is 4.60. The van der Waals surface area contributed by atoms with Crippen molar-refractivity contribution in [3.8, 4) is 0 Å². The van der Waals surface area contributed by atoms with Crippen LogP contribution < -0.4 is 0 Å². The third-order valence-corrected chi connectivity index (χ3v) is 3.48. The van der Waals surface area contributed by atoms with E-state index in [0.717, 1.165) is 38.8 Å². The van der Waals surface area contributed by atoms with E-state index in [1.165, 1.54) is 0 Å². The van der Waals surface area contributed by atoms with Crippen molar-refractivity contribution in [1.29, 1.82) is 0 Å². The van der Waals surface area contributed by atoms with E-state index in [2.05, 4.69) is 18.9 Å². The number of ether oxygens (including phenoxy) is 1. The number of piperidine rings is 1. The number of hydrogen-bond donors (Lipinski definition) is 0. The molecule has 1 atom stereocenters. The minimum atomic E-state index is 0.232.